The van der Waals surface area contributed by atoms with Gasteiger partial charge >= 0.3 is 0 Å². The van der Waals surface area contributed by atoms with Gasteiger partial charge in [-0.2, -0.15) is 0 Å². The first-order valence-electron chi connectivity index (χ1n) is 14.8. The molecule has 2 aromatic carbocycles. The van der Waals surface area contributed by atoms with Gasteiger partial charge in [-0.05, 0) is 67.6 Å². The average Bonchev–Trinajstić information content (AvgIpc) is 2.90. The predicted octanol–water partition coefficient (Wildman–Crippen LogP) is 3.99. The lowest BCUT2D eigenvalue weighted by Gasteiger charge is -2.29. The van der Waals surface area contributed by atoms with Gasteiger partial charge in [-0.25, -0.2) is 0 Å². The summed E-state index contributed by atoms with van der Waals surface area (Å²) in [7, 11) is 8.13. The van der Waals surface area contributed by atoms with E-state index in [1.165, 1.54) is 0 Å². The zero-order valence-corrected chi connectivity index (χ0v) is 26.6. The Bertz CT molecular complexity index is 1210. The van der Waals surface area contributed by atoms with E-state index < -0.39 is 0 Å². The second kappa shape index (κ2) is 16.7. The number of carbonyl (C=O) groups excluding carboxylic acids is 2. The summed E-state index contributed by atoms with van der Waals surface area (Å²) in [5, 5.41) is 5.74. The molecule has 8 heteroatoms. The minimum Gasteiger partial charge on any atom is -0.487 e. The Balaban J connectivity index is 2.23. The van der Waals surface area contributed by atoms with Crippen LogP contribution in [-0.2, 0) is 22.4 Å². The molecule has 0 radical (unpaired) electrons. The fourth-order valence-electron chi connectivity index (χ4n) is 4.67. The molecular formula is C34H52N4O4+2. The first-order valence-corrected chi connectivity index (χ1v) is 14.8. The van der Waals surface area contributed by atoms with E-state index in [1.54, 1.807) is 0 Å². The average molecular weight is 581 g/mol. The summed E-state index contributed by atoms with van der Waals surface area (Å²) in [5.41, 5.74) is 4.22. The second-order valence-corrected chi connectivity index (χ2v) is 11.9. The van der Waals surface area contributed by atoms with E-state index in [0.29, 0.717) is 67.9 Å². The van der Waals surface area contributed by atoms with Crippen molar-refractivity contribution in [3.8, 4) is 22.6 Å². The molecule has 0 bridgehead atoms. The van der Waals surface area contributed by atoms with Crippen molar-refractivity contribution in [2.75, 3.05) is 80.7 Å². The molecule has 8 nitrogen and oxygen atoms in total. The lowest BCUT2D eigenvalue weighted by Crippen LogP contribution is -2.49. The van der Waals surface area contributed by atoms with Gasteiger partial charge in [-0.15, -0.1) is 13.2 Å². The highest BCUT2D eigenvalue weighted by molar-refractivity contribution is 5.77. The van der Waals surface area contributed by atoms with Gasteiger partial charge in [0.1, 0.15) is 37.8 Å². The quantitative estimate of drug-likeness (QED) is 0.195. The van der Waals surface area contributed by atoms with Crippen molar-refractivity contribution in [1.82, 2.24) is 10.6 Å². The predicted molar refractivity (Wildman–Crippen MR) is 172 cm³/mol. The molecule has 0 atom stereocenters. The number of nitrogens with one attached hydrogen (secondary N) is 2. The van der Waals surface area contributed by atoms with E-state index in [4.69, 9.17) is 9.47 Å². The number of hydrogen-bond acceptors (Lipinski definition) is 4. The lowest BCUT2D eigenvalue weighted by atomic mass is 9.97. The molecule has 0 aromatic heterocycles. The SMILES string of the molecule is C=CCc1ccc(OCC[N+](C)(C)CC(=O)NCC)c(-c2ccc(OCC[N+](C)(C)CC(=O)NCC)c(CC=C)c2)c1. The van der Waals surface area contributed by atoms with Gasteiger partial charge in [-0.3, -0.25) is 9.59 Å². The van der Waals surface area contributed by atoms with Gasteiger partial charge < -0.3 is 29.1 Å². The Morgan fingerprint density at radius 1 is 0.762 bits per heavy atom. The van der Waals surface area contributed by atoms with Crippen LogP contribution < -0.4 is 20.1 Å². The van der Waals surface area contributed by atoms with Crippen LogP contribution >= 0.6 is 0 Å². The molecule has 2 rings (SSSR count). The number of rotatable bonds is 19. The van der Waals surface area contributed by atoms with E-state index in [0.717, 1.165) is 40.2 Å². The molecule has 230 valence electrons. The largest absolute Gasteiger partial charge is 0.487 e. The van der Waals surface area contributed by atoms with Gasteiger partial charge in [0.25, 0.3) is 11.8 Å². The smallest absolute Gasteiger partial charge is 0.275 e. The Hall–Kier alpha value is -3.62. The number of benzene rings is 2. The topological polar surface area (TPSA) is 76.7 Å². The van der Waals surface area contributed by atoms with Crippen molar-refractivity contribution in [2.24, 2.45) is 0 Å². The van der Waals surface area contributed by atoms with Crippen LogP contribution in [0.2, 0.25) is 0 Å². The monoisotopic (exact) mass is 580 g/mol. The van der Waals surface area contributed by atoms with Crippen molar-refractivity contribution in [3.63, 3.8) is 0 Å². The fraction of sp³-hybridized carbons (Fsp3) is 0.471. The summed E-state index contributed by atoms with van der Waals surface area (Å²) in [6.07, 6.45) is 5.19. The highest BCUT2D eigenvalue weighted by atomic mass is 16.5. The van der Waals surface area contributed by atoms with Crippen molar-refractivity contribution in [3.05, 3.63) is 72.8 Å². The Kier molecular flexibility index (Phi) is 13.8. The van der Waals surface area contributed by atoms with Gasteiger partial charge in [0.15, 0.2) is 13.1 Å². The van der Waals surface area contributed by atoms with Crippen LogP contribution in [0.3, 0.4) is 0 Å². The number of nitrogens with zero attached hydrogens (tertiary/aromatic N) is 2. The molecule has 0 aliphatic carbocycles. The van der Waals surface area contributed by atoms with Gasteiger partial charge in [0, 0.05) is 18.7 Å². The number of ether oxygens (including phenoxy) is 2. The minimum atomic E-state index is 0.0403. The molecule has 42 heavy (non-hydrogen) atoms. The number of amides is 2. The van der Waals surface area contributed by atoms with E-state index in [-0.39, 0.29) is 11.8 Å². The summed E-state index contributed by atoms with van der Waals surface area (Å²) < 4.78 is 13.6. The molecule has 0 aliphatic rings. The number of carbonyl (C=O) groups is 2. The molecule has 0 fully saturated rings. The van der Waals surface area contributed by atoms with Crippen molar-refractivity contribution < 1.29 is 28.0 Å². The molecule has 2 aromatic rings. The zero-order valence-electron chi connectivity index (χ0n) is 26.6. The van der Waals surface area contributed by atoms with E-state index in [1.807, 2.05) is 66.3 Å². The first kappa shape index (κ1) is 34.6. The third kappa shape index (κ3) is 11.7. The van der Waals surface area contributed by atoms with E-state index in [2.05, 4.69) is 48.1 Å². The fourth-order valence-corrected chi connectivity index (χ4v) is 4.67. The van der Waals surface area contributed by atoms with Crippen LogP contribution in [0, 0.1) is 0 Å². The third-order valence-corrected chi connectivity index (χ3v) is 6.96. The van der Waals surface area contributed by atoms with E-state index >= 15 is 0 Å². The summed E-state index contributed by atoms with van der Waals surface area (Å²) in [6, 6.07) is 12.4. The Morgan fingerprint density at radius 2 is 1.29 bits per heavy atom. The summed E-state index contributed by atoms with van der Waals surface area (Å²) in [6.45, 7) is 16.1. The summed E-state index contributed by atoms with van der Waals surface area (Å²) >= 11 is 0. The van der Waals surface area contributed by atoms with Crippen LogP contribution in [-0.4, -0.2) is 101 Å². The van der Waals surface area contributed by atoms with Crippen LogP contribution in [0.5, 0.6) is 11.5 Å². The van der Waals surface area contributed by atoms with Crippen LogP contribution in [0.25, 0.3) is 11.1 Å². The second-order valence-electron chi connectivity index (χ2n) is 11.9. The number of hydrogen-bond donors (Lipinski definition) is 2. The molecular weight excluding hydrogens is 528 g/mol. The number of allylic oxidation sites excluding steroid dienone is 2. The van der Waals surface area contributed by atoms with Crippen molar-refractivity contribution >= 4 is 11.8 Å². The van der Waals surface area contributed by atoms with E-state index in [9.17, 15) is 9.59 Å². The number of likely N-dealkylation sites (N-methyl/N-ethyl adjacent to an activating group) is 4. The molecule has 2 amide bonds. The third-order valence-electron chi connectivity index (χ3n) is 6.96. The molecule has 0 saturated heterocycles. The maximum absolute atomic E-state index is 12.1. The minimum absolute atomic E-state index is 0.0403. The van der Waals surface area contributed by atoms with Gasteiger partial charge in [0.05, 0.1) is 28.2 Å². The highest BCUT2D eigenvalue weighted by Gasteiger charge is 2.21. The number of quaternary nitrogens is 2. The normalized spacial score (nSPS) is 11.5. The summed E-state index contributed by atoms with van der Waals surface area (Å²) in [5.74, 6) is 1.69. The van der Waals surface area contributed by atoms with Gasteiger partial charge in [0.2, 0.25) is 0 Å². The Morgan fingerprint density at radius 3 is 1.81 bits per heavy atom. The molecule has 0 unspecified atom stereocenters. The molecule has 0 aliphatic heterocycles. The lowest BCUT2D eigenvalue weighted by molar-refractivity contribution is -0.882. The molecule has 0 spiro atoms. The first-order chi connectivity index (χ1) is 19.9. The maximum Gasteiger partial charge on any atom is 0.275 e. The standard InChI is InChI=1S/C34H50N4O4/c1-9-13-27-15-17-32(42-22-20-38(7,8)26-34(40)36-12-4)30(23-27)28-16-18-31(29(24-28)14-10-2)41-21-19-37(5,6)25-33(39)35-11-3/h9-10,15-18,23-24H,1-2,11-14,19-22,25-26H2,3-8H3/p+2. The zero-order chi connectivity index (χ0) is 31.2. The maximum atomic E-state index is 12.1. The van der Waals surface area contributed by atoms with Gasteiger partial charge in [-0.1, -0.05) is 24.3 Å². The molecule has 0 saturated carbocycles. The van der Waals surface area contributed by atoms with Crippen LogP contribution in [0.15, 0.2) is 61.7 Å². The van der Waals surface area contributed by atoms with Crippen molar-refractivity contribution in [1.29, 1.82) is 0 Å². The van der Waals surface area contributed by atoms with Crippen LogP contribution in [0.1, 0.15) is 25.0 Å². The molecule has 0 heterocycles. The highest BCUT2D eigenvalue weighted by Crippen LogP contribution is 2.35. The Labute approximate surface area is 253 Å². The van der Waals surface area contributed by atoms with Crippen LogP contribution in [0.4, 0.5) is 0 Å². The van der Waals surface area contributed by atoms with Crippen molar-refractivity contribution in [2.45, 2.75) is 26.7 Å². The summed E-state index contributed by atoms with van der Waals surface area (Å²) in [4.78, 5) is 24.2. The molecule has 2 N–H and O–H groups in total.